The highest BCUT2D eigenvalue weighted by atomic mass is 16.7. The van der Waals surface area contributed by atoms with Gasteiger partial charge in [-0.05, 0) is 0 Å². The number of amides is 3. The third kappa shape index (κ3) is 2.42. The molecule has 0 rings (SSSR count). The van der Waals surface area contributed by atoms with Gasteiger partial charge in [-0.2, -0.15) is 0 Å². The zero-order chi connectivity index (χ0) is 9.02. The van der Waals surface area contributed by atoms with E-state index in [1.807, 2.05) is 0 Å². The Hall–Kier alpha value is -1.30. The molecule has 64 valence electrons. The summed E-state index contributed by atoms with van der Waals surface area (Å²) >= 11 is 0. The number of carbonyl (C=O) groups excluding carboxylic acids is 1. The molecule has 0 aliphatic rings. The number of hydrogen-bond donors (Lipinski definition) is 1. The van der Waals surface area contributed by atoms with Gasteiger partial charge < -0.3 is 5.11 Å². The molecular weight excluding hydrogens is 152 g/mol. The van der Waals surface area contributed by atoms with E-state index in [4.69, 9.17) is 5.11 Å². The summed E-state index contributed by atoms with van der Waals surface area (Å²) in [5.41, 5.74) is 0. The van der Waals surface area contributed by atoms with Gasteiger partial charge in [-0.25, -0.2) is 19.6 Å². The second-order valence-corrected chi connectivity index (χ2v) is 1.80. The summed E-state index contributed by atoms with van der Waals surface area (Å²) < 4.78 is 0. The maximum Gasteiger partial charge on any atom is 0.415 e. The molecule has 0 bridgehead atoms. The van der Waals surface area contributed by atoms with Crippen molar-refractivity contribution in [2.24, 2.45) is 0 Å². The van der Waals surface area contributed by atoms with Crippen LogP contribution in [0.15, 0.2) is 0 Å². The number of hydrogen-bond acceptors (Lipinski definition) is 3. The topological polar surface area (TPSA) is 70.1 Å². The number of nitrogens with zero attached hydrogens (tertiary/aromatic N) is 2. The van der Waals surface area contributed by atoms with Crippen LogP contribution in [-0.4, -0.2) is 48.4 Å². The van der Waals surface area contributed by atoms with Gasteiger partial charge in [0, 0.05) is 14.1 Å². The molecular formula is C5H10N2O4. The third-order valence-corrected chi connectivity index (χ3v) is 1.12. The first-order chi connectivity index (χ1) is 5.00. The van der Waals surface area contributed by atoms with Crippen LogP contribution in [0.3, 0.4) is 0 Å². The predicted molar refractivity (Wildman–Crippen MR) is 36.0 cm³/mol. The van der Waals surface area contributed by atoms with E-state index in [2.05, 4.69) is 4.84 Å². The van der Waals surface area contributed by atoms with E-state index in [0.29, 0.717) is 4.90 Å². The molecule has 1 N–H and O–H groups in total. The fraction of sp³-hybridized carbons (Fsp3) is 0.600. The molecule has 0 unspecified atom stereocenters. The van der Waals surface area contributed by atoms with Crippen molar-refractivity contribution in [3.05, 3.63) is 0 Å². The Labute approximate surface area is 63.9 Å². The SMILES string of the molecule is CON(C)C(=O)N(C)C(=O)O. The fourth-order valence-electron chi connectivity index (χ4n) is 0.371. The summed E-state index contributed by atoms with van der Waals surface area (Å²) in [7, 11) is 3.73. The molecule has 0 aromatic heterocycles. The predicted octanol–water partition coefficient (Wildman–Crippen LogP) is 0.209. The molecule has 0 aliphatic carbocycles. The smallest absolute Gasteiger partial charge is 0.415 e. The summed E-state index contributed by atoms with van der Waals surface area (Å²) in [5.74, 6) is 0. The summed E-state index contributed by atoms with van der Waals surface area (Å²) in [4.78, 5) is 26.0. The van der Waals surface area contributed by atoms with Gasteiger partial charge in [0.2, 0.25) is 0 Å². The summed E-state index contributed by atoms with van der Waals surface area (Å²) in [6.07, 6.45) is -1.32. The molecule has 0 aromatic rings. The minimum atomic E-state index is -1.32. The maximum absolute atomic E-state index is 10.9. The van der Waals surface area contributed by atoms with Crippen molar-refractivity contribution in [2.45, 2.75) is 0 Å². The first kappa shape index (κ1) is 9.70. The lowest BCUT2D eigenvalue weighted by Crippen LogP contribution is -2.40. The molecule has 11 heavy (non-hydrogen) atoms. The van der Waals surface area contributed by atoms with E-state index in [-0.39, 0.29) is 0 Å². The Morgan fingerprint density at radius 3 is 2.09 bits per heavy atom. The number of hydroxylamine groups is 2. The van der Waals surface area contributed by atoms with Crippen LogP contribution in [0, 0.1) is 0 Å². The van der Waals surface area contributed by atoms with Crippen LogP contribution < -0.4 is 0 Å². The highest BCUT2D eigenvalue weighted by Crippen LogP contribution is 1.93. The molecule has 0 aromatic carbocycles. The van der Waals surface area contributed by atoms with E-state index in [0.717, 1.165) is 12.1 Å². The molecule has 0 spiro atoms. The molecule has 0 fully saturated rings. The average Bonchev–Trinajstić information content (AvgIpc) is 2.00. The minimum Gasteiger partial charge on any atom is -0.465 e. The quantitative estimate of drug-likeness (QED) is 0.559. The molecule has 6 nitrogen and oxygen atoms in total. The van der Waals surface area contributed by atoms with Gasteiger partial charge in [-0.1, -0.05) is 0 Å². The Morgan fingerprint density at radius 2 is 1.82 bits per heavy atom. The molecule has 6 heteroatoms. The summed E-state index contributed by atoms with van der Waals surface area (Å²) in [6, 6.07) is -0.736. The molecule has 0 saturated heterocycles. The fourth-order valence-corrected chi connectivity index (χ4v) is 0.371. The van der Waals surface area contributed by atoms with Crippen molar-refractivity contribution in [2.75, 3.05) is 21.2 Å². The summed E-state index contributed by atoms with van der Waals surface area (Å²) in [5, 5.41) is 9.13. The van der Waals surface area contributed by atoms with E-state index < -0.39 is 12.1 Å². The van der Waals surface area contributed by atoms with Crippen LogP contribution >= 0.6 is 0 Å². The first-order valence-corrected chi connectivity index (χ1v) is 2.79. The standard InChI is InChI=1S/C5H10N2O4/c1-6(5(9)10)4(8)7(2)11-3/h1-3H3,(H,9,10). The Morgan fingerprint density at radius 1 is 1.36 bits per heavy atom. The van der Waals surface area contributed by atoms with E-state index >= 15 is 0 Å². The number of urea groups is 1. The minimum absolute atomic E-state index is 0.517. The summed E-state index contributed by atoms with van der Waals surface area (Å²) in [6.45, 7) is 0. The second-order valence-electron chi connectivity index (χ2n) is 1.80. The average molecular weight is 162 g/mol. The molecule has 0 atom stereocenters. The number of imide groups is 1. The Kier molecular flexibility index (Phi) is 3.32. The van der Waals surface area contributed by atoms with Crippen LogP contribution in [0.1, 0.15) is 0 Å². The zero-order valence-corrected chi connectivity index (χ0v) is 6.57. The highest BCUT2D eigenvalue weighted by Gasteiger charge is 2.18. The van der Waals surface area contributed by atoms with Gasteiger partial charge >= 0.3 is 12.1 Å². The van der Waals surface area contributed by atoms with E-state index in [1.54, 1.807) is 0 Å². The van der Waals surface area contributed by atoms with Crippen molar-refractivity contribution in [1.29, 1.82) is 0 Å². The monoisotopic (exact) mass is 162 g/mol. The molecule has 0 saturated carbocycles. The van der Waals surface area contributed by atoms with Gasteiger partial charge in [0.25, 0.3) is 0 Å². The lowest BCUT2D eigenvalue weighted by atomic mass is 10.8. The van der Waals surface area contributed by atoms with E-state index in [9.17, 15) is 9.59 Å². The Balaban J connectivity index is 4.13. The van der Waals surface area contributed by atoms with Gasteiger partial charge in [-0.3, -0.25) is 4.84 Å². The molecule has 0 radical (unpaired) electrons. The van der Waals surface area contributed by atoms with Crippen LogP contribution in [0.2, 0.25) is 0 Å². The normalized spacial score (nSPS) is 9.00. The lowest BCUT2D eigenvalue weighted by molar-refractivity contribution is -0.0725. The van der Waals surface area contributed by atoms with Gasteiger partial charge in [0.1, 0.15) is 0 Å². The van der Waals surface area contributed by atoms with Crippen molar-refractivity contribution in [1.82, 2.24) is 9.96 Å². The van der Waals surface area contributed by atoms with Crippen molar-refractivity contribution >= 4 is 12.1 Å². The van der Waals surface area contributed by atoms with Crippen molar-refractivity contribution in [3.8, 4) is 0 Å². The highest BCUT2D eigenvalue weighted by molar-refractivity contribution is 5.88. The molecule has 0 heterocycles. The zero-order valence-electron chi connectivity index (χ0n) is 6.57. The van der Waals surface area contributed by atoms with Crippen LogP contribution in [0.4, 0.5) is 9.59 Å². The first-order valence-electron chi connectivity index (χ1n) is 2.79. The lowest BCUT2D eigenvalue weighted by Gasteiger charge is -2.18. The largest absolute Gasteiger partial charge is 0.465 e. The third-order valence-electron chi connectivity index (χ3n) is 1.12. The number of rotatable bonds is 1. The van der Waals surface area contributed by atoms with Gasteiger partial charge in [0.05, 0.1) is 7.11 Å². The van der Waals surface area contributed by atoms with E-state index in [1.165, 1.54) is 14.2 Å². The van der Waals surface area contributed by atoms with Crippen LogP contribution in [0.5, 0.6) is 0 Å². The molecule has 3 amide bonds. The number of carboxylic acid groups (broad SMARTS) is 1. The van der Waals surface area contributed by atoms with Crippen molar-refractivity contribution < 1.29 is 19.5 Å². The second kappa shape index (κ2) is 3.77. The number of carbonyl (C=O) groups is 2. The Bertz CT molecular complexity index is 170. The van der Waals surface area contributed by atoms with Crippen LogP contribution in [-0.2, 0) is 4.84 Å². The van der Waals surface area contributed by atoms with Crippen molar-refractivity contribution in [3.63, 3.8) is 0 Å². The molecule has 0 aliphatic heterocycles. The van der Waals surface area contributed by atoms with Gasteiger partial charge in [0.15, 0.2) is 0 Å². The maximum atomic E-state index is 10.9. The van der Waals surface area contributed by atoms with Crippen LogP contribution in [0.25, 0.3) is 0 Å². The van der Waals surface area contributed by atoms with Gasteiger partial charge in [-0.15, -0.1) is 0 Å².